The minimum atomic E-state index is -4.90. The first-order valence-corrected chi connectivity index (χ1v) is 11.6. The van der Waals surface area contributed by atoms with Gasteiger partial charge in [-0.25, -0.2) is 0 Å². The van der Waals surface area contributed by atoms with E-state index < -0.39 is 35.3 Å². The van der Waals surface area contributed by atoms with E-state index in [0.717, 1.165) is 30.3 Å². The van der Waals surface area contributed by atoms with E-state index in [1.54, 1.807) is 6.92 Å². The summed E-state index contributed by atoms with van der Waals surface area (Å²) in [6.45, 7) is 1.74. The van der Waals surface area contributed by atoms with Gasteiger partial charge in [0.2, 0.25) is 0 Å². The van der Waals surface area contributed by atoms with Crippen molar-refractivity contribution in [3.63, 3.8) is 0 Å². The molecule has 0 saturated heterocycles. The van der Waals surface area contributed by atoms with E-state index in [4.69, 9.17) is 34.8 Å². The summed E-state index contributed by atoms with van der Waals surface area (Å²) in [6, 6.07) is 4.65. The minimum absolute atomic E-state index is 0.118. The van der Waals surface area contributed by atoms with Crippen LogP contribution in [0.15, 0.2) is 36.4 Å². The Morgan fingerprint density at radius 2 is 1.64 bits per heavy atom. The maximum absolute atomic E-state index is 13.7. The Balaban J connectivity index is 2.49. The van der Waals surface area contributed by atoms with Crippen LogP contribution in [-0.4, -0.2) is 16.1 Å². The summed E-state index contributed by atoms with van der Waals surface area (Å²) in [7, 11) is 0. The second-order valence-corrected chi connectivity index (χ2v) is 9.52. The first-order valence-electron chi connectivity index (χ1n) is 9.20. The van der Waals surface area contributed by atoms with Crippen LogP contribution in [-0.2, 0) is 6.18 Å². The molecule has 0 saturated carbocycles. The molecule has 1 unspecified atom stereocenters. The Kier molecular flexibility index (Phi) is 9.40. The molecule has 12 heteroatoms. The van der Waals surface area contributed by atoms with Gasteiger partial charge >= 0.3 is 12.4 Å². The Morgan fingerprint density at radius 1 is 1.06 bits per heavy atom. The average molecular weight is 645 g/mol. The molecule has 33 heavy (non-hydrogen) atoms. The fraction of sp³-hybridized carbons (Fsp3) is 0.286. The van der Waals surface area contributed by atoms with Crippen LogP contribution < -0.4 is 5.32 Å². The minimum Gasteiger partial charge on any atom is -0.340 e. The van der Waals surface area contributed by atoms with Crippen molar-refractivity contribution in [3.8, 4) is 0 Å². The summed E-state index contributed by atoms with van der Waals surface area (Å²) in [4.78, 5) is 12.2. The normalized spacial score (nSPS) is 14.4. The van der Waals surface area contributed by atoms with Gasteiger partial charge in [0.25, 0.3) is 5.91 Å². The molecule has 2 aromatic rings. The van der Waals surface area contributed by atoms with Crippen molar-refractivity contribution in [2.45, 2.75) is 35.7 Å². The van der Waals surface area contributed by atoms with Crippen LogP contribution in [0.25, 0.3) is 6.08 Å². The molecule has 0 aliphatic heterocycles. The van der Waals surface area contributed by atoms with E-state index in [1.807, 2.05) is 22.6 Å². The van der Waals surface area contributed by atoms with Crippen molar-refractivity contribution >= 4 is 69.4 Å². The van der Waals surface area contributed by atoms with Gasteiger partial charge in [0.05, 0.1) is 36.2 Å². The molecule has 180 valence electrons. The van der Waals surface area contributed by atoms with Gasteiger partial charge in [-0.3, -0.25) is 4.79 Å². The zero-order valence-corrected chi connectivity index (χ0v) is 21.0. The van der Waals surface area contributed by atoms with Crippen LogP contribution >= 0.6 is 57.4 Å². The van der Waals surface area contributed by atoms with Crippen LogP contribution in [0.3, 0.4) is 0 Å². The van der Waals surface area contributed by atoms with Crippen molar-refractivity contribution in [1.82, 2.24) is 5.32 Å². The Morgan fingerprint density at radius 3 is 2.12 bits per heavy atom. The molecule has 0 bridgehead atoms. The summed E-state index contributed by atoms with van der Waals surface area (Å²) in [6.07, 6.45) is -7.63. The van der Waals surface area contributed by atoms with Crippen molar-refractivity contribution < 1.29 is 31.1 Å². The van der Waals surface area contributed by atoms with Gasteiger partial charge in [-0.1, -0.05) is 82.5 Å². The molecule has 0 aromatic heterocycles. The molecule has 2 rings (SSSR count). The summed E-state index contributed by atoms with van der Waals surface area (Å²) in [5.41, 5.74) is -2.40. The highest BCUT2D eigenvalue weighted by Gasteiger charge is 2.40. The van der Waals surface area contributed by atoms with E-state index in [1.165, 1.54) is 0 Å². The molecular formula is C21H15Cl3F6INO. The van der Waals surface area contributed by atoms with Crippen molar-refractivity contribution in [3.05, 3.63) is 73.7 Å². The highest BCUT2D eigenvalue weighted by atomic mass is 127. The first-order chi connectivity index (χ1) is 15.1. The summed E-state index contributed by atoms with van der Waals surface area (Å²) >= 11 is 19.3. The lowest BCUT2D eigenvalue weighted by molar-refractivity contribution is -0.139. The first kappa shape index (κ1) is 28.1. The molecule has 0 heterocycles. The van der Waals surface area contributed by atoms with Crippen molar-refractivity contribution in [2.24, 2.45) is 0 Å². The smallest absolute Gasteiger partial charge is 0.340 e. The van der Waals surface area contributed by atoms with E-state index in [2.05, 4.69) is 5.32 Å². The van der Waals surface area contributed by atoms with E-state index in [9.17, 15) is 31.1 Å². The number of carbonyl (C=O) groups is 1. The van der Waals surface area contributed by atoms with Gasteiger partial charge in [-0.15, -0.1) is 0 Å². The average Bonchev–Trinajstić information content (AvgIpc) is 2.70. The number of hydrogen-bond donors (Lipinski definition) is 1. The Labute approximate surface area is 214 Å². The van der Waals surface area contributed by atoms with E-state index >= 15 is 0 Å². The van der Waals surface area contributed by atoms with Crippen molar-refractivity contribution in [1.29, 1.82) is 0 Å². The third kappa shape index (κ3) is 7.40. The Bertz CT molecular complexity index is 1030. The van der Waals surface area contributed by atoms with Crippen LogP contribution in [0.4, 0.5) is 26.3 Å². The molecule has 0 aliphatic rings. The molecule has 2 atom stereocenters. The fourth-order valence-corrected chi connectivity index (χ4v) is 3.69. The third-order valence-corrected chi connectivity index (χ3v) is 6.83. The van der Waals surface area contributed by atoms with Crippen LogP contribution in [0.1, 0.15) is 46.3 Å². The Hall–Kier alpha value is -1.17. The number of halogens is 10. The number of alkyl halides is 7. The van der Waals surface area contributed by atoms with Crippen molar-refractivity contribution in [2.75, 3.05) is 0 Å². The quantitative estimate of drug-likeness (QED) is 0.110. The predicted molar refractivity (Wildman–Crippen MR) is 126 cm³/mol. The highest BCUT2D eigenvalue weighted by molar-refractivity contribution is 14.1. The lowest BCUT2D eigenvalue weighted by Gasteiger charge is -2.19. The number of amides is 1. The topological polar surface area (TPSA) is 29.1 Å². The second kappa shape index (κ2) is 11.0. The number of nitrogens with one attached hydrogen (secondary N) is 1. The maximum atomic E-state index is 13.7. The largest absolute Gasteiger partial charge is 0.417 e. The number of benzene rings is 2. The predicted octanol–water partition coefficient (Wildman–Crippen LogP) is 8.93. The van der Waals surface area contributed by atoms with E-state index in [0.29, 0.717) is 18.6 Å². The molecular weight excluding hydrogens is 629 g/mol. The highest BCUT2D eigenvalue weighted by Crippen LogP contribution is 2.41. The zero-order chi connectivity index (χ0) is 25.1. The maximum Gasteiger partial charge on any atom is 0.417 e. The van der Waals surface area contributed by atoms with Gasteiger partial charge in [0.15, 0.2) is 0 Å². The van der Waals surface area contributed by atoms with E-state index in [-0.39, 0.29) is 30.2 Å². The third-order valence-electron chi connectivity index (χ3n) is 4.44. The molecule has 0 radical (unpaired) electrons. The lowest BCUT2D eigenvalue weighted by atomic mass is 9.96. The van der Waals surface area contributed by atoms with Gasteiger partial charge < -0.3 is 5.32 Å². The number of carbonyl (C=O) groups excluding carboxylic acids is 1. The van der Waals surface area contributed by atoms with Crippen LogP contribution in [0, 0.1) is 0 Å². The molecule has 0 aliphatic carbocycles. The molecule has 0 fully saturated rings. The molecule has 0 spiro atoms. The van der Waals surface area contributed by atoms with Gasteiger partial charge in [-0.2, -0.15) is 26.3 Å². The summed E-state index contributed by atoms with van der Waals surface area (Å²) in [5.74, 6) is -3.15. The summed E-state index contributed by atoms with van der Waals surface area (Å²) in [5, 5.41) is 1.92. The van der Waals surface area contributed by atoms with Crippen LogP contribution in [0.2, 0.25) is 15.1 Å². The molecule has 2 nitrogen and oxygen atoms in total. The van der Waals surface area contributed by atoms with Gasteiger partial charge in [0, 0.05) is 0 Å². The SMILES string of the molecule is CC[C@H](I)NC(=O)c1ccc(/C=C/C(c2cc(Cl)c(Cl)c(Cl)c2)C(F)(F)F)cc1C(F)(F)F. The molecule has 2 aromatic carbocycles. The van der Waals surface area contributed by atoms with Crippen LogP contribution in [0.5, 0.6) is 0 Å². The molecule has 1 amide bonds. The van der Waals surface area contributed by atoms with Gasteiger partial charge in [0.1, 0.15) is 0 Å². The standard InChI is InChI=1S/C21H15Cl3F6INO/c1-2-17(31)32-19(33)12-5-3-10(7-14(12)21(28,29)30)4-6-13(20(25,26)27)11-8-15(22)18(24)16(23)9-11/h3-9,13,17H,2H2,1H3,(H,32,33)/b6-4+/t13?,17-/m1/s1. The number of rotatable bonds is 6. The number of allylic oxidation sites excluding steroid dienone is 1. The van der Waals surface area contributed by atoms with Gasteiger partial charge in [-0.05, 0) is 41.8 Å². The number of hydrogen-bond acceptors (Lipinski definition) is 1. The lowest BCUT2D eigenvalue weighted by Crippen LogP contribution is -2.31. The summed E-state index contributed by atoms with van der Waals surface area (Å²) < 4.78 is 81.3. The zero-order valence-electron chi connectivity index (χ0n) is 16.6. The monoisotopic (exact) mass is 643 g/mol. The fourth-order valence-electron chi connectivity index (χ4n) is 2.79. The molecule has 1 N–H and O–H groups in total. The second-order valence-electron chi connectivity index (χ2n) is 6.83.